The molecule has 2 N–H and O–H groups in total. The molecule has 0 aliphatic rings. The van der Waals surface area contributed by atoms with Crippen molar-refractivity contribution in [1.82, 2.24) is 0 Å². The standard InChI is InChI=1S/C10H20BNO2/c1-4-10(8-12,9(2)3)6-5-7-11(13)14/h9,13-14H,4-7H2,1-3H3. The molecule has 0 radical (unpaired) electrons. The summed E-state index contributed by atoms with van der Waals surface area (Å²) in [6.07, 6.45) is 2.62. The molecule has 3 nitrogen and oxygen atoms in total. The van der Waals surface area contributed by atoms with E-state index in [4.69, 9.17) is 15.3 Å². The van der Waals surface area contributed by atoms with Gasteiger partial charge in [-0.1, -0.05) is 27.2 Å². The van der Waals surface area contributed by atoms with Crippen LogP contribution in [0.15, 0.2) is 0 Å². The zero-order chi connectivity index (χ0) is 11.2. The van der Waals surface area contributed by atoms with Gasteiger partial charge in [0.2, 0.25) is 0 Å². The molecule has 0 heterocycles. The van der Waals surface area contributed by atoms with E-state index in [0.29, 0.717) is 18.7 Å². The van der Waals surface area contributed by atoms with Crippen LogP contribution >= 0.6 is 0 Å². The maximum atomic E-state index is 9.14. The molecule has 0 aromatic carbocycles. The molecule has 80 valence electrons. The topological polar surface area (TPSA) is 64.2 Å². The van der Waals surface area contributed by atoms with E-state index in [9.17, 15) is 0 Å². The quantitative estimate of drug-likeness (QED) is 0.638. The van der Waals surface area contributed by atoms with E-state index in [1.807, 2.05) is 20.8 Å². The predicted molar refractivity (Wildman–Crippen MR) is 57.4 cm³/mol. The van der Waals surface area contributed by atoms with Crippen LogP contribution < -0.4 is 0 Å². The fraction of sp³-hybridized carbons (Fsp3) is 0.900. The van der Waals surface area contributed by atoms with Crippen LogP contribution in [0.5, 0.6) is 0 Å². The van der Waals surface area contributed by atoms with Crippen molar-refractivity contribution in [3.8, 4) is 6.07 Å². The molecular formula is C10H20BNO2. The second-order valence-electron chi connectivity index (χ2n) is 4.15. The van der Waals surface area contributed by atoms with Gasteiger partial charge in [0.25, 0.3) is 0 Å². The van der Waals surface area contributed by atoms with Crippen LogP contribution in [0, 0.1) is 22.7 Å². The van der Waals surface area contributed by atoms with Crippen molar-refractivity contribution in [2.45, 2.75) is 46.4 Å². The highest BCUT2D eigenvalue weighted by Gasteiger charge is 2.31. The van der Waals surface area contributed by atoms with Gasteiger partial charge in [-0.15, -0.1) is 0 Å². The molecule has 0 rings (SSSR count). The molecule has 0 aromatic rings. The Bertz CT molecular complexity index is 201. The SMILES string of the molecule is CCC(C#N)(CCCB(O)O)C(C)C. The second-order valence-corrected chi connectivity index (χ2v) is 4.15. The van der Waals surface area contributed by atoms with E-state index in [2.05, 4.69) is 6.07 Å². The minimum Gasteiger partial charge on any atom is -0.427 e. The summed E-state index contributed by atoms with van der Waals surface area (Å²) in [5.41, 5.74) is -0.297. The molecular weight excluding hydrogens is 177 g/mol. The second kappa shape index (κ2) is 6.05. The maximum Gasteiger partial charge on any atom is 0.451 e. The fourth-order valence-electron chi connectivity index (χ4n) is 1.74. The molecule has 0 spiro atoms. The third-order valence-corrected chi connectivity index (χ3v) is 3.04. The first-order valence-electron chi connectivity index (χ1n) is 5.26. The summed E-state index contributed by atoms with van der Waals surface area (Å²) in [7, 11) is -1.24. The van der Waals surface area contributed by atoms with Crippen molar-refractivity contribution < 1.29 is 10.0 Å². The predicted octanol–water partition coefficient (Wildman–Crippen LogP) is 1.82. The number of nitriles is 1. The highest BCUT2D eigenvalue weighted by atomic mass is 16.4. The first kappa shape index (κ1) is 13.5. The molecule has 0 aliphatic carbocycles. The lowest BCUT2D eigenvalue weighted by atomic mass is 9.70. The van der Waals surface area contributed by atoms with Crippen molar-refractivity contribution in [3.63, 3.8) is 0 Å². The summed E-state index contributed by atoms with van der Waals surface area (Å²) in [6, 6.07) is 2.38. The van der Waals surface area contributed by atoms with Gasteiger partial charge in [-0.2, -0.15) is 5.26 Å². The molecule has 0 saturated carbocycles. The van der Waals surface area contributed by atoms with Crippen LogP contribution in [0.4, 0.5) is 0 Å². The van der Waals surface area contributed by atoms with Gasteiger partial charge in [-0.25, -0.2) is 0 Å². The van der Waals surface area contributed by atoms with E-state index in [1.54, 1.807) is 0 Å². The lowest BCUT2D eigenvalue weighted by Gasteiger charge is -2.29. The molecule has 0 amide bonds. The van der Waals surface area contributed by atoms with Crippen molar-refractivity contribution in [2.75, 3.05) is 0 Å². The zero-order valence-electron chi connectivity index (χ0n) is 9.32. The van der Waals surface area contributed by atoms with Gasteiger partial charge in [0, 0.05) is 0 Å². The smallest absolute Gasteiger partial charge is 0.427 e. The molecule has 1 unspecified atom stereocenters. The summed E-state index contributed by atoms with van der Waals surface area (Å²) >= 11 is 0. The maximum absolute atomic E-state index is 9.14. The fourth-order valence-corrected chi connectivity index (χ4v) is 1.74. The Hall–Kier alpha value is -0.525. The highest BCUT2D eigenvalue weighted by Crippen LogP contribution is 2.36. The van der Waals surface area contributed by atoms with Crippen molar-refractivity contribution >= 4 is 7.12 Å². The van der Waals surface area contributed by atoms with Crippen molar-refractivity contribution in [1.29, 1.82) is 5.26 Å². The Labute approximate surface area is 86.9 Å². The van der Waals surface area contributed by atoms with Crippen LogP contribution in [0.2, 0.25) is 6.32 Å². The minimum absolute atomic E-state index is 0.297. The first-order valence-corrected chi connectivity index (χ1v) is 5.26. The zero-order valence-corrected chi connectivity index (χ0v) is 9.32. The monoisotopic (exact) mass is 197 g/mol. The highest BCUT2D eigenvalue weighted by molar-refractivity contribution is 6.40. The van der Waals surface area contributed by atoms with Gasteiger partial charge in [-0.3, -0.25) is 0 Å². The van der Waals surface area contributed by atoms with E-state index in [-0.39, 0.29) is 5.41 Å². The molecule has 1 atom stereocenters. The van der Waals surface area contributed by atoms with Gasteiger partial charge in [-0.05, 0) is 25.1 Å². The van der Waals surface area contributed by atoms with Crippen LogP contribution in [0.3, 0.4) is 0 Å². The van der Waals surface area contributed by atoms with Gasteiger partial charge < -0.3 is 10.0 Å². The molecule has 0 saturated heterocycles. The summed E-state index contributed by atoms with van der Waals surface area (Å²) < 4.78 is 0. The van der Waals surface area contributed by atoms with Gasteiger partial charge in [0.15, 0.2) is 0 Å². The van der Waals surface area contributed by atoms with Crippen molar-refractivity contribution in [3.05, 3.63) is 0 Å². The Morgan fingerprint density at radius 2 is 2.00 bits per heavy atom. The summed E-state index contributed by atoms with van der Waals surface area (Å²) in [5, 5.41) is 26.5. The molecule has 4 heteroatoms. The van der Waals surface area contributed by atoms with E-state index >= 15 is 0 Å². The average Bonchev–Trinajstić information content (AvgIpc) is 2.12. The van der Waals surface area contributed by atoms with E-state index in [0.717, 1.165) is 12.8 Å². The number of hydrogen-bond acceptors (Lipinski definition) is 3. The molecule has 0 aliphatic heterocycles. The lowest BCUT2D eigenvalue weighted by molar-refractivity contribution is 0.240. The Kier molecular flexibility index (Phi) is 5.82. The minimum atomic E-state index is -1.24. The van der Waals surface area contributed by atoms with Gasteiger partial charge in [0.1, 0.15) is 0 Å². The third kappa shape index (κ3) is 3.69. The first-order chi connectivity index (χ1) is 6.48. The Balaban J connectivity index is 4.18. The summed E-state index contributed by atoms with van der Waals surface area (Å²) in [5.74, 6) is 0.313. The number of nitrogens with zero attached hydrogens (tertiary/aromatic N) is 1. The van der Waals surface area contributed by atoms with E-state index < -0.39 is 7.12 Å². The molecule has 0 aromatic heterocycles. The van der Waals surface area contributed by atoms with Crippen LogP contribution in [-0.4, -0.2) is 17.2 Å². The van der Waals surface area contributed by atoms with Crippen LogP contribution in [0.1, 0.15) is 40.0 Å². The Morgan fingerprint density at radius 1 is 1.43 bits per heavy atom. The normalized spacial score (nSPS) is 14.9. The largest absolute Gasteiger partial charge is 0.451 e. The number of hydrogen-bond donors (Lipinski definition) is 2. The number of rotatable bonds is 6. The molecule has 0 fully saturated rings. The summed E-state index contributed by atoms with van der Waals surface area (Å²) in [4.78, 5) is 0. The molecule has 0 bridgehead atoms. The average molecular weight is 197 g/mol. The van der Waals surface area contributed by atoms with Crippen molar-refractivity contribution in [2.24, 2.45) is 11.3 Å². The van der Waals surface area contributed by atoms with E-state index in [1.165, 1.54) is 0 Å². The molecule has 14 heavy (non-hydrogen) atoms. The summed E-state index contributed by atoms with van der Waals surface area (Å²) in [6.45, 7) is 6.10. The third-order valence-electron chi connectivity index (χ3n) is 3.04. The van der Waals surface area contributed by atoms with Gasteiger partial charge in [0.05, 0.1) is 11.5 Å². The Morgan fingerprint density at radius 3 is 2.29 bits per heavy atom. The lowest BCUT2D eigenvalue weighted by Crippen LogP contribution is -2.25. The van der Waals surface area contributed by atoms with Crippen LogP contribution in [0.25, 0.3) is 0 Å². The van der Waals surface area contributed by atoms with Crippen LogP contribution in [-0.2, 0) is 0 Å². The van der Waals surface area contributed by atoms with Gasteiger partial charge >= 0.3 is 7.12 Å².